The number of benzene rings is 10. The number of aliphatic imine (C=N–C) groups is 1. The zero-order valence-electron chi connectivity index (χ0n) is 70.3. The molecule has 2 amide bonds. The first-order valence-corrected chi connectivity index (χ1v) is 47.0. The van der Waals surface area contributed by atoms with E-state index in [9.17, 15) is 52.0 Å². The lowest BCUT2D eigenvalue weighted by molar-refractivity contribution is 0.0932. The van der Waals surface area contributed by atoms with E-state index >= 15 is 0 Å². The predicted molar refractivity (Wildman–Crippen MR) is 494 cm³/mol. The number of unbranched alkanes of at least 4 members (excludes halogenated alkanes) is 4. The van der Waals surface area contributed by atoms with Gasteiger partial charge in [-0.25, -0.2) is 73.0 Å². The molecule has 0 fully saturated rings. The highest BCUT2D eigenvalue weighted by Gasteiger charge is 2.31. The van der Waals surface area contributed by atoms with Crippen molar-refractivity contribution >= 4 is 97.6 Å². The molecule has 1 aliphatic heterocycles. The van der Waals surface area contributed by atoms with Gasteiger partial charge in [-0.2, -0.15) is 0 Å². The second kappa shape index (κ2) is 46.7. The Morgan fingerprint density at radius 3 is 1.12 bits per heavy atom. The van der Waals surface area contributed by atoms with Crippen LogP contribution in [0.2, 0.25) is 0 Å². The Morgan fingerprint density at radius 1 is 0.402 bits per heavy atom. The monoisotopic (exact) mass is 1810 g/mol. The van der Waals surface area contributed by atoms with Gasteiger partial charge in [0.25, 0.3) is 11.8 Å². The molecule has 35 heteroatoms. The number of sulfonamides is 4. The Labute approximate surface area is 739 Å². The number of ether oxygens (including phenoxy) is 4. The fraction of sp³-hybridized carbons (Fsp3) is 0.217. The van der Waals surface area contributed by atoms with Crippen LogP contribution >= 0.6 is 0 Å². The molecule has 29 nitrogen and oxygen atoms in total. The molecule has 1 aliphatic carbocycles. The van der Waals surface area contributed by atoms with Crippen LogP contribution in [0.4, 0.5) is 48.7 Å². The molecule has 0 saturated carbocycles. The van der Waals surface area contributed by atoms with Crippen molar-refractivity contribution in [2.24, 2.45) is 25.5 Å². The molecule has 13 rings (SSSR count). The number of pyridine rings is 1. The Kier molecular flexibility index (Phi) is 35.4. The average molecular weight is 1810 g/mol. The number of carbonyl (C=O) groups excluding carboxylic acids is 2. The average Bonchev–Trinajstić information content (AvgIpc) is 0.946. The van der Waals surface area contributed by atoms with E-state index < -0.39 is 64.0 Å². The molecule has 2 atom stereocenters. The van der Waals surface area contributed by atoms with Crippen molar-refractivity contribution in [3.8, 4) is 46.0 Å². The lowest BCUT2D eigenvalue weighted by Crippen LogP contribution is -2.44. The van der Waals surface area contributed by atoms with Crippen molar-refractivity contribution in [1.82, 2.24) is 15.6 Å². The maximum atomic E-state index is 13.1. The van der Waals surface area contributed by atoms with Gasteiger partial charge in [0, 0.05) is 68.0 Å². The third-order valence-electron chi connectivity index (χ3n) is 18.8. The minimum Gasteiger partial charge on any atom is -0.454 e. The van der Waals surface area contributed by atoms with E-state index in [4.69, 9.17) is 39.5 Å². The van der Waals surface area contributed by atoms with Gasteiger partial charge in [-0.15, -0.1) is 0 Å². The normalized spacial score (nSPS) is 13.2. The molecule has 17 N–H and O–H groups in total. The number of fused-ring (bicyclic) bond motifs is 1. The third kappa shape index (κ3) is 29.8. The Bertz CT molecular complexity index is 6090. The van der Waals surface area contributed by atoms with Gasteiger partial charge in [-0.3, -0.25) is 14.9 Å². The van der Waals surface area contributed by atoms with Crippen LogP contribution < -0.4 is 87.4 Å². The molecule has 0 saturated heterocycles. The van der Waals surface area contributed by atoms with E-state index in [-0.39, 0.29) is 65.6 Å². The van der Waals surface area contributed by atoms with Crippen molar-refractivity contribution in [1.29, 1.82) is 0 Å². The molecule has 11 aromatic rings. The first kappa shape index (κ1) is 96.1. The minimum absolute atomic E-state index is 0.00753. The number of hydrogen-bond donors (Lipinski definition) is 13. The molecule has 0 bridgehead atoms. The van der Waals surface area contributed by atoms with Crippen molar-refractivity contribution in [2.45, 2.75) is 124 Å². The number of aromatic nitrogens is 1. The highest BCUT2D eigenvalue weighted by molar-refractivity contribution is 7.90. The molecule has 127 heavy (non-hydrogen) atoms. The van der Waals surface area contributed by atoms with Crippen LogP contribution in [-0.2, 0) is 53.2 Å². The number of anilines is 7. The van der Waals surface area contributed by atoms with Crippen LogP contribution in [0.25, 0.3) is 0 Å². The van der Waals surface area contributed by atoms with Crippen LogP contribution in [0.3, 0.4) is 0 Å². The molecule has 2 heterocycles. The number of primary sulfonamides is 4. The summed E-state index contributed by atoms with van der Waals surface area (Å²) < 4.78 is 149. The van der Waals surface area contributed by atoms with Gasteiger partial charge in [-0.1, -0.05) is 150 Å². The zero-order valence-corrected chi connectivity index (χ0v) is 73.5. The van der Waals surface area contributed by atoms with E-state index in [0.29, 0.717) is 108 Å². The van der Waals surface area contributed by atoms with Crippen LogP contribution in [0.15, 0.2) is 292 Å². The van der Waals surface area contributed by atoms with E-state index in [1.54, 1.807) is 115 Å². The van der Waals surface area contributed by atoms with Crippen molar-refractivity contribution in [2.75, 3.05) is 63.4 Å². The Balaban J connectivity index is 0.000000177. The van der Waals surface area contributed by atoms with E-state index in [1.807, 2.05) is 98.8 Å². The number of para-hydroxylation sites is 4. The van der Waals surface area contributed by atoms with Crippen LogP contribution in [0.1, 0.15) is 111 Å². The molecule has 10 aromatic carbocycles. The van der Waals surface area contributed by atoms with Crippen LogP contribution in [-0.4, -0.2) is 94.7 Å². The summed E-state index contributed by atoms with van der Waals surface area (Å²) in [6.45, 7) is 11.4. The number of nitrogens with two attached hydrogens (primary N) is 4. The summed E-state index contributed by atoms with van der Waals surface area (Å²) >= 11 is 0. The molecule has 0 radical (unpaired) electrons. The molecule has 1 aromatic heterocycles. The smallest absolute Gasteiger partial charge is 0.255 e. The summed E-state index contributed by atoms with van der Waals surface area (Å²) in [7, 11) is -16.5. The van der Waals surface area contributed by atoms with Crippen LogP contribution in [0.5, 0.6) is 46.0 Å². The fourth-order valence-electron chi connectivity index (χ4n) is 12.4. The SMILES string of the molecule is CCCCNc1cc(C(=O)NC2N=C3C=CC=CC3N2)cc(S(N)(=O)=O)c1Oc1ccccc1.CCCCNc1cc(C(=O)Nc2ccc(F)cc2)cc(S(N)(=O)=O)c1Oc1ccccc1.CCCCNc1cc(CNc2ccc(F)cc2)cc(S(N)(=O)=O)c1Oc1ccccc1.CCCCNc1cc(CNc2ccccn2)cc(S(N)(=O)=O)c1Oc1ccccc1. The molecular formula is C92H103F2N15O14S4. The number of carbonyl (C=O) groups is 2. The zero-order chi connectivity index (χ0) is 90.9. The molecule has 2 aliphatic rings. The number of nitrogens with one attached hydrogen (secondary N) is 9. The highest BCUT2D eigenvalue weighted by Crippen LogP contribution is 2.42. The summed E-state index contributed by atoms with van der Waals surface area (Å²) in [6, 6.07) is 64.2. The highest BCUT2D eigenvalue weighted by atomic mass is 32.2. The van der Waals surface area contributed by atoms with Crippen molar-refractivity contribution < 1.29 is 71.0 Å². The maximum Gasteiger partial charge on any atom is 0.255 e. The number of amides is 2. The number of nitrogens with zero attached hydrogens (tertiary/aromatic N) is 2. The number of hydrogen-bond acceptors (Lipinski definition) is 23. The summed E-state index contributed by atoms with van der Waals surface area (Å²) in [5.74, 6) is 1.15. The topological polar surface area (TPSA) is 445 Å². The summed E-state index contributed by atoms with van der Waals surface area (Å²) in [4.78, 5) is 33.8. The molecule has 668 valence electrons. The second-order valence-electron chi connectivity index (χ2n) is 28.8. The fourth-order valence-corrected chi connectivity index (χ4v) is 15.3. The quantitative estimate of drug-likeness (QED) is 0.0160. The summed E-state index contributed by atoms with van der Waals surface area (Å²) in [5, 5.41) is 49.9. The Morgan fingerprint density at radius 2 is 0.756 bits per heavy atom. The van der Waals surface area contributed by atoms with Gasteiger partial charge in [0.2, 0.25) is 40.1 Å². The van der Waals surface area contributed by atoms with Gasteiger partial charge in [0.05, 0.1) is 34.5 Å². The largest absolute Gasteiger partial charge is 0.454 e. The third-order valence-corrected chi connectivity index (χ3v) is 22.5. The van der Waals surface area contributed by atoms with Crippen molar-refractivity contribution in [3.05, 3.63) is 301 Å². The van der Waals surface area contributed by atoms with Crippen molar-refractivity contribution in [3.63, 3.8) is 0 Å². The first-order chi connectivity index (χ1) is 61.0. The summed E-state index contributed by atoms with van der Waals surface area (Å²) in [5.41, 5.74) is 5.28. The number of rotatable bonds is 38. The van der Waals surface area contributed by atoms with E-state index in [1.165, 1.54) is 60.7 Å². The van der Waals surface area contributed by atoms with Gasteiger partial charge in [-0.05, 0) is 201 Å². The molecular weight excluding hydrogens is 1710 g/mol. The van der Waals surface area contributed by atoms with Gasteiger partial charge in [0.1, 0.15) is 60.0 Å². The lowest BCUT2D eigenvalue weighted by Gasteiger charge is -2.19. The maximum absolute atomic E-state index is 13.1. The standard InChI is InChI=1S/C24H27N5O4S.C23H24FN3O4S.C23H26FN3O3S.C22H26N4O3S/c1-2-3-13-26-20-14-16(23(30)29-24-27-18-11-7-8-12-19(18)28-24)15-21(34(25,31)32)22(20)33-17-9-5-4-6-10-17;1-2-3-13-26-20-14-16(23(28)27-18-11-9-17(24)10-12-18)15-21(32(25,29)30)22(20)31-19-7-5-4-6-8-19;1-2-3-13-26-21-14-17(16-27-19-11-9-18(24)10-12-19)15-22(31(25,28)29)23(21)30-20-7-5-4-6-8-20;1-2-3-12-24-19-14-17(16-26-21-11-7-8-13-25-21)15-20(30(23,27)28)22(19)29-18-9-5-4-6-10-18/h4-12,14-15,18,24,26-27H,2-3,13H2,1H3,(H,29,30)(H2,25,31,32);4-12,14-15,26H,2-3,13H2,1H3,(H,27,28)(H2,25,29,30);4-12,14-15,26-27H,2-3,13,16H2,1H3,(H2,25,28,29);4-11,13-15,24H,2-3,12,16H2,1H3,(H,25,26)(H2,23,27,28). The first-order valence-electron chi connectivity index (χ1n) is 40.9. The Hall–Kier alpha value is -13.1. The molecule has 2 unspecified atom stereocenters. The van der Waals surface area contributed by atoms with E-state index in [2.05, 4.69) is 71.7 Å². The number of halogens is 2. The second-order valence-corrected chi connectivity index (χ2v) is 34.9. The minimum atomic E-state index is -4.24. The van der Waals surface area contributed by atoms with Crippen LogP contribution in [0, 0.1) is 11.6 Å². The van der Waals surface area contributed by atoms with Gasteiger partial charge in [0.15, 0.2) is 29.3 Å². The van der Waals surface area contributed by atoms with Gasteiger partial charge >= 0.3 is 0 Å². The van der Waals surface area contributed by atoms with E-state index in [0.717, 1.165) is 68.7 Å². The number of allylic oxidation sites excluding steroid dienone is 2. The summed E-state index contributed by atoms with van der Waals surface area (Å²) in [6.07, 6.45) is 16.0. The van der Waals surface area contributed by atoms with Gasteiger partial charge < -0.3 is 61.5 Å². The lowest BCUT2D eigenvalue weighted by atomic mass is 10.1. The molecule has 0 spiro atoms. The predicted octanol–water partition coefficient (Wildman–Crippen LogP) is 17.1.